The first kappa shape index (κ1) is 17.6. The Morgan fingerprint density at radius 3 is 2.36 bits per heavy atom. The first-order valence-corrected chi connectivity index (χ1v) is 9.98. The summed E-state index contributed by atoms with van der Waals surface area (Å²) in [5, 5.41) is 0.585. The van der Waals surface area contributed by atoms with Crippen LogP contribution in [0, 0.1) is 11.3 Å². The summed E-state index contributed by atoms with van der Waals surface area (Å²) in [6, 6.07) is 15.2. The predicted molar refractivity (Wildman–Crippen MR) is 110 cm³/mol. The fourth-order valence-corrected chi connectivity index (χ4v) is 5.20. The molecule has 140 valence electrons. The van der Waals surface area contributed by atoms with E-state index in [0.717, 1.165) is 29.0 Å². The molecule has 0 fully saturated rings. The summed E-state index contributed by atoms with van der Waals surface area (Å²) in [5.74, 6) is -0.743. The van der Waals surface area contributed by atoms with Gasteiger partial charge in [0.05, 0.1) is 11.6 Å². The van der Waals surface area contributed by atoms with Gasteiger partial charge < -0.3 is 0 Å². The third kappa shape index (κ3) is 2.46. The van der Waals surface area contributed by atoms with Gasteiger partial charge in [0.15, 0.2) is 11.6 Å². The number of fused-ring (bicyclic) bond motifs is 3. The standard InChI is InChI=1S/C24H20ClNO2/c1-24(2)11-17-20(18(27)12-24)19(15-9-5-6-10-16(15)25)21-22(26-17)13-7-3-4-8-14(13)23(21)28/h3-10,19,21H,11-12H2,1-2H3/t19-,21+/m1/s1. The van der Waals surface area contributed by atoms with Gasteiger partial charge in [-0.15, -0.1) is 0 Å². The van der Waals surface area contributed by atoms with E-state index < -0.39 is 5.92 Å². The number of carbonyl (C=O) groups excluding carboxylic acids is 2. The average Bonchev–Trinajstić information content (AvgIpc) is 2.92. The maximum atomic E-state index is 13.4. The second-order valence-corrected chi connectivity index (χ2v) is 9.09. The lowest BCUT2D eigenvalue weighted by atomic mass is 9.66. The molecule has 1 aliphatic heterocycles. The Balaban J connectivity index is 1.79. The van der Waals surface area contributed by atoms with Crippen LogP contribution in [0.1, 0.15) is 54.1 Å². The van der Waals surface area contributed by atoms with E-state index in [9.17, 15) is 9.59 Å². The molecule has 2 aromatic rings. The van der Waals surface area contributed by atoms with Gasteiger partial charge in [-0.25, -0.2) is 0 Å². The Labute approximate surface area is 169 Å². The normalized spacial score (nSPS) is 25.2. The van der Waals surface area contributed by atoms with E-state index in [-0.39, 0.29) is 22.9 Å². The summed E-state index contributed by atoms with van der Waals surface area (Å²) in [6.45, 7) is 4.19. The number of aliphatic imine (C=N–C) groups is 1. The molecule has 0 N–H and O–H groups in total. The second-order valence-electron chi connectivity index (χ2n) is 8.69. The number of nitrogens with zero attached hydrogens (tertiary/aromatic N) is 1. The minimum atomic E-state index is -0.485. The van der Waals surface area contributed by atoms with Gasteiger partial charge in [-0.3, -0.25) is 14.6 Å². The van der Waals surface area contributed by atoms with Crippen molar-refractivity contribution in [2.75, 3.05) is 0 Å². The topological polar surface area (TPSA) is 46.5 Å². The lowest BCUT2D eigenvalue weighted by Gasteiger charge is -2.38. The molecule has 1 heterocycles. The van der Waals surface area contributed by atoms with Crippen LogP contribution in [0.3, 0.4) is 0 Å². The van der Waals surface area contributed by atoms with Gasteiger partial charge in [0, 0.05) is 39.8 Å². The van der Waals surface area contributed by atoms with Crippen LogP contribution in [-0.2, 0) is 4.79 Å². The minimum Gasteiger partial charge on any atom is -0.294 e. The van der Waals surface area contributed by atoms with Crippen molar-refractivity contribution in [3.8, 4) is 0 Å². The van der Waals surface area contributed by atoms with Crippen molar-refractivity contribution in [1.29, 1.82) is 0 Å². The molecule has 2 aliphatic carbocycles. The zero-order chi connectivity index (χ0) is 19.6. The van der Waals surface area contributed by atoms with Crippen LogP contribution in [0.25, 0.3) is 0 Å². The highest BCUT2D eigenvalue weighted by atomic mass is 35.5. The Hall–Kier alpha value is -2.52. The number of Topliss-reactive ketones (excluding diaryl/α,β-unsaturated/α-hetero) is 2. The Morgan fingerprint density at radius 2 is 1.61 bits per heavy atom. The molecule has 3 aliphatic rings. The fourth-order valence-electron chi connectivity index (χ4n) is 4.95. The number of halogens is 1. The van der Waals surface area contributed by atoms with E-state index in [2.05, 4.69) is 13.8 Å². The number of hydrogen-bond donors (Lipinski definition) is 0. The number of carbonyl (C=O) groups is 2. The Kier molecular flexibility index (Phi) is 3.76. The predicted octanol–water partition coefficient (Wildman–Crippen LogP) is 5.38. The smallest absolute Gasteiger partial charge is 0.173 e. The summed E-state index contributed by atoms with van der Waals surface area (Å²) in [6.07, 6.45) is 1.19. The van der Waals surface area contributed by atoms with Gasteiger partial charge in [0.2, 0.25) is 0 Å². The quantitative estimate of drug-likeness (QED) is 0.657. The van der Waals surface area contributed by atoms with Crippen LogP contribution in [0.5, 0.6) is 0 Å². The third-order valence-corrected chi connectivity index (χ3v) is 6.43. The molecule has 0 bridgehead atoms. The maximum Gasteiger partial charge on any atom is 0.173 e. The Morgan fingerprint density at radius 1 is 0.929 bits per heavy atom. The molecule has 0 unspecified atom stereocenters. The van der Waals surface area contributed by atoms with E-state index in [4.69, 9.17) is 16.6 Å². The largest absolute Gasteiger partial charge is 0.294 e. The van der Waals surface area contributed by atoms with Crippen LogP contribution in [0.2, 0.25) is 5.02 Å². The number of rotatable bonds is 1. The highest BCUT2D eigenvalue weighted by Crippen LogP contribution is 2.52. The number of benzene rings is 2. The van der Waals surface area contributed by atoms with E-state index in [0.29, 0.717) is 22.6 Å². The molecule has 0 aromatic heterocycles. The first-order valence-electron chi connectivity index (χ1n) is 9.60. The molecule has 2 atom stereocenters. The Bertz CT molecular complexity index is 1110. The van der Waals surface area contributed by atoms with Gasteiger partial charge in [0.1, 0.15) is 0 Å². The van der Waals surface area contributed by atoms with Gasteiger partial charge in [-0.1, -0.05) is 67.9 Å². The van der Waals surface area contributed by atoms with Gasteiger partial charge in [0.25, 0.3) is 0 Å². The van der Waals surface area contributed by atoms with Gasteiger partial charge in [-0.05, 0) is 23.5 Å². The SMILES string of the molecule is CC1(C)CC(=O)C2=C(C1)N=C1c3ccccc3C(=O)[C@H]1[C@@H]2c1ccccc1Cl. The highest BCUT2D eigenvalue weighted by molar-refractivity contribution is 6.33. The summed E-state index contributed by atoms with van der Waals surface area (Å²) in [7, 11) is 0. The van der Waals surface area contributed by atoms with Crippen LogP contribution in [0.15, 0.2) is 64.8 Å². The van der Waals surface area contributed by atoms with Crippen molar-refractivity contribution in [1.82, 2.24) is 0 Å². The average molecular weight is 390 g/mol. The zero-order valence-electron chi connectivity index (χ0n) is 15.8. The maximum absolute atomic E-state index is 13.4. The molecule has 0 spiro atoms. The number of ketones is 2. The van der Waals surface area contributed by atoms with Crippen LogP contribution in [0.4, 0.5) is 0 Å². The third-order valence-electron chi connectivity index (χ3n) is 6.08. The lowest BCUT2D eigenvalue weighted by molar-refractivity contribution is -0.118. The van der Waals surface area contributed by atoms with Crippen LogP contribution < -0.4 is 0 Å². The van der Waals surface area contributed by atoms with E-state index in [1.165, 1.54) is 0 Å². The van der Waals surface area contributed by atoms with E-state index in [1.807, 2.05) is 48.5 Å². The summed E-state index contributed by atoms with van der Waals surface area (Å²) >= 11 is 6.56. The molecule has 0 amide bonds. The lowest BCUT2D eigenvalue weighted by Crippen LogP contribution is -2.37. The van der Waals surface area contributed by atoms with Crippen molar-refractivity contribution in [3.63, 3.8) is 0 Å². The number of hydrogen-bond acceptors (Lipinski definition) is 3. The van der Waals surface area contributed by atoms with Crippen molar-refractivity contribution >= 4 is 28.9 Å². The van der Waals surface area contributed by atoms with Crippen molar-refractivity contribution in [3.05, 3.63) is 81.5 Å². The molecule has 3 nitrogen and oxygen atoms in total. The van der Waals surface area contributed by atoms with Crippen LogP contribution >= 0.6 is 11.6 Å². The van der Waals surface area contributed by atoms with Gasteiger partial charge in [-0.2, -0.15) is 0 Å². The fraction of sp³-hybridized carbons (Fsp3) is 0.292. The summed E-state index contributed by atoms with van der Waals surface area (Å²) in [5.41, 5.74) is 4.56. The van der Waals surface area contributed by atoms with E-state index >= 15 is 0 Å². The molecule has 0 radical (unpaired) electrons. The van der Waals surface area contributed by atoms with Gasteiger partial charge >= 0.3 is 0 Å². The summed E-state index contributed by atoms with van der Waals surface area (Å²) < 4.78 is 0. The van der Waals surface area contributed by atoms with Crippen molar-refractivity contribution in [2.45, 2.75) is 32.6 Å². The number of allylic oxidation sites excluding steroid dienone is 2. The van der Waals surface area contributed by atoms with E-state index in [1.54, 1.807) is 0 Å². The molecular weight excluding hydrogens is 370 g/mol. The zero-order valence-corrected chi connectivity index (χ0v) is 16.6. The molecule has 2 aromatic carbocycles. The molecule has 5 rings (SSSR count). The first-order chi connectivity index (χ1) is 13.4. The molecule has 0 saturated carbocycles. The monoisotopic (exact) mass is 389 g/mol. The molecule has 0 saturated heterocycles. The second kappa shape index (κ2) is 5.99. The molecular formula is C24H20ClNO2. The minimum absolute atomic E-state index is 0.0310. The molecule has 4 heteroatoms. The van der Waals surface area contributed by atoms with Crippen LogP contribution in [-0.4, -0.2) is 17.3 Å². The molecule has 28 heavy (non-hydrogen) atoms. The van der Waals surface area contributed by atoms with Crippen molar-refractivity contribution in [2.24, 2.45) is 16.3 Å². The highest BCUT2D eigenvalue weighted by Gasteiger charge is 2.50. The summed E-state index contributed by atoms with van der Waals surface area (Å²) in [4.78, 5) is 31.5. The van der Waals surface area contributed by atoms with Crippen molar-refractivity contribution < 1.29 is 9.59 Å².